The van der Waals surface area contributed by atoms with Gasteiger partial charge in [0.25, 0.3) is 0 Å². The molecule has 0 bridgehead atoms. The van der Waals surface area contributed by atoms with Gasteiger partial charge in [-0.15, -0.1) is 0 Å². The molecule has 0 spiro atoms. The first-order chi connectivity index (χ1) is 4.04. The van der Waals surface area contributed by atoms with Crippen molar-refractivity contribution in [2.45, 2.75) is 6.92 Å². The lowest BCUT2D eigenvalue weighted by molar-refractivity contribution is -0.151. The third-order valence-electron chi connectivity index (χ3n) is 0.484. The highest BCUT2D eigenvalue weighted by atomic mass is 16.4. The molecule has 5 nitrogen and oxygen atoms in total. The number of hydrogen-bond donors (Lipinski definition) is 2. The van der Waals surface area contributed by atoms with E-state index in [4.69, 9.17) is 5.11 Å². The van der Waals surface area contributed by atoms with Crippen LogP contribution in [0.1, 0.15) is 6.92 Å². The second-order valence-electron chi connectivity index (χ2n) is 1.32. The molecule has 50 valence electrons. The Morgan fingerprint density at radius 2 is 1.78 bits per heavy atom. The fourth-order valence-corrected chi connectivity index (χ4v) is 0.213. The van der Waals surface area contributed by atoms with Crippen LogP contribution in [0.3, 0.4) is 0 Å². The summed E-state index contributed by atoms with van der Waals surface area (Å²) in [5.41, 5.74) is 0. The molecule has 0 atom stereocenters. The van der Waals surface area contributed by atoms with Gasteiger partial charge in [-0.25, -0.2) is 4.79 Å². The number of carbonyl (C=O) groups excluding carboxylic acids is 2. The topological polar surface area (TPSA) is 83.5 Å². The first kappa shape index (κ1) is 7.61. The van der Waals surface area contributed by atoms with Gasteiger partial charge in [-0.3, -0.25) is 14.9 Å². The molecule has 0 aromatic rings. The molecule has 0 aliphatic rings. The highest BCUT2D eigenvalue weighted by Gasteiger charge is 2.10. The van der Waals surface area contributed by atoms with Crippen molar-refractivity contribution >= 4 is 17.8 Å². The third kappa shape index (κ3) is 3.22. The number of hydrogen-bond acceptors (Lipinski definition) is 3. The first-order valence-corrected chi connectivity index (χ1v) is 2.09. The molecule has 0 saturated carbocycles. The van der Waals surface area contributed by atoms with Crippen LogP contribution in [0, 0.1) is 0 Å². The molecule has 0 rings (SSSR count). The molecular formula is C4H5NO4. The number of aliphatic carboxylic acids is 1. The summed E-state index contributed by atoms with van der Waals surface area (Å²) in [6.07, 6.45) is 0. The fourth-order valence-electron chi connectivity index (χ4n) is 0.213. The van der Waals surface area contributed by atoms with Gasteiger partial charge < -0.3 is 5.11 Å². The fraction of sp³-hybridized carbons (Fsp3) is 0.250. The van der Waals surface area contributed by atoms with Crippen LogP contribution in [0.5, 0.6) is 0 Å². The van der Waals surface area contributed by atoms with Crippen LogP contribution in [0.25, 0.3) is 0 Å². The zero-order valence-corrected chi connectivity index (χ0v) is 4.67. The van der Waals surface area contributed by atoms with Gasteiger partial charge in [0.05, 0.1) is 0 Å². The zero-order chi connectivity index (χ0) is 7.44. The summed E-state index contributed by atoms with van der Waals surface area (Å²) in [7, 11) is 0. The van der Waals surface area contributed by atoms with E-state index in [1.54, 1.807) is 5.32 Å². The largest absolute Gasteiger partial charge is 0.474 e. The van der Waals surface area contributed by atoms with Crippen molar-refractivity contribution in [3.8, 4) is 0 Å². The highest BCUT2D eigenvalue weighted by molar-refractivity contribution is 6.34. The quantitative estimate of drug-likeness (QED) is 0.401. The maximum absolute atomic E-state index is 10.0. The van der Waals surface area contributed by atoms with E-state index in [0.29, 0.717) is 0 Å². The molecule has 0 unspecified atom stereocenters. The lowest BCUT2D eigenvalue weighted by atomic mass is 10.6. The van der Waals surface area contributed by atoms with E-state index in [1.807, 2.05) is 0 Å². The number of carboxylic acid groups (broad SMARTS) is 1. The van der Waals surface area contributed by atoms with Crippen molar-refractivity contribution in [3.05, 3.63) is 0 Å². The van der Waals surface area contributed by atoms with Crippen LogP contribution in [0.4, 0.5) is 0 Å². The summed E-state index contributed by atoms with van der Waals surface area (Å²) in [5, 5.41) is 9.43. The lowest BCUT2D eigenvalue weighted by Crippen LogP contribution is -2.33. The molecule has 0 aromatic carbocycles. The van der Waals surface area contributed by atoms with Crippen LogP contribution in [-0.4, -0.2) is 22.9 Å². The number of carboxylic acids is 1. The van der Waals surface area contributed by atoms with E-state index in [1.165, 1.54) is 0 Å². The van der Waals surface area contributed by atoms with Gasteiger partial charge in [-0.2, -0.15) is 0 Å². The molecule has 9 heavy (non-hydrogen) atoms. The van der Waals surface area contributed by atoms with Crippen molar-refractivity contribution in [2.24, 2.45) is 0 Å². The number of amides is 2. The standard InChI is InChI=1S/C4H5NO4/c1-2(6)5-3(7)4(8)9/h1H3,(H,8,9)(H,5,6,7). The van der Waals surface area contributed by atoms with Crippen LogP contribution < -0.4 is 5.32 Å². The van der Waals surface area contributed by atoms with Gasteiger partial charge >= 0.3 is 11.9 Å². The summed E-state index contributed by atoms with van der Waals surface area (Å²) in [6.45, 7) is 1.06. The van der Waals surface area contributed by atoms with Gasteiger partial charge in [-0.1, -0.05) is 0 Å². The highest BCUT2D eigenvalue weighted by Crippen LogP contribution is 1.65. The molecule has 2 amide bonds. The van der Waals surface area contributed by atoms with Crippen LogP contribution in [0.15, 0.2) is 0 Å². The Morgan fingerprint density at radius 1 is 1.33 bits per heavy atom. The van der Waals surface area contributed by atoms with Crippen LogP contribution in [-0.2, 0) is 14.4 Å². The summed E-state index contributed by atoms with van der Waals surface area (Å²) < 4.78 is 0. The van der Waals surface area contributed by atoms with Gasteiger partial charge in [-0.05, 0) is 0 Å². The minimum Gasteiger partial charge on any atom is -0.474 e. The molecule has 0 aromatic heterocycles. The Labute approximate surface area is 50.7 Å². The molecule has 0 fully saturated rings. The number of imide groups is 1. The van der Waals surface area contributed by atoms with Gasteiger partial charge in [0.2, 0.25) is 5.91 Å². The van der Waals surface area contributed by atoms with Crippen LogP contribution >= 0.6 is 0 Å². The minimum atomic E-state index is -1.66. The second kappa shape index (κ2) is 2.81. The molecular weight excluding hydrogens is 126 g/mol. The van der Waals surface area contributed by atoms with E-state index in [0.717, 1.165) is 6.92 Å². The molecule has 0 saturated heterocycles. The van der Waals surface area contributed by atoms with Crippen LogP contribution in [0.2, 0.25) is 0 Å². The summed E-state index contributed by atoms with van der Waals surface area (Å²) >= 11 is 0. The molecule has 0 radical (unpaired) electrons. The molecule has 0 heterocycles. The maximum atomic E-state index is 10.0. The lowest BCUT2D eigenvalue weighted by Gasteiger charge is -1.91. The predicted octanol–water partition coefficient (Wildman–Crippen LogP) is -1.27. The molecule has 5 heteroatoms. The second-order valence-corrected chi connectivity index (χ2v) is 1.32. The van der Waals surface area contributed by atoms with Crippen molar-refractivity contribution in [2.75, 3.05) is 0 Å². The monoisotopic (exact) mass is 131 g/mol. The van der Waals surface area contributed by atoms with E-state index < -0.39 is 17.8 Å². The Kier molecular flexibility index (Phi) is 2.37. The molecule has 0 aliphatic carbocycles. The van der Waals surface area contributed by atoms with Crippen molar-refractivity contribution in [3.63, 3.8) is 0 Å². The maximum Gasteiger partial charge on any atom is 0.394 e. The minimum absolute atomic E-state index is 0.678. The van der Waals surface area contributed by atoms with Crippen molar-refractivity contribution in [1.29, 1.82) is 0 Å². The average molecular weight is 131 g/mol. The van der Waals surface area contributed by atoms with E-state index >= 15 is 0 Å². The summed E-state index contributed by atoms with van der Waals surface area (Å²) in [5.74, 6) is -3.64. The summed E-state index contributed by atoms with van der Waals surface area (Å²) in [6, 6.07) is 0. The molecule has 2 N–H and O–H groups in total. The third-order valence-corrected chi connectivity index (χ3v) is 0.484. The normalized spacial score (nSPS) is 8.11. The predicted molar refractivity (Wildman–Crippen MR) is 26.5 cm³/mol. The Morgan fingerprint density at radius 3 is 1.89 bits per heavy atom. The Hall–Kier alpha value is -1.39. The van der Waals surface area contributed by atoms with Gasteiger partial charge in [0.15, 0.2) is 0 Å². The SMILES string of the molecule is CC(=O)NC(=O)C(=O)O. The number of rotatable bonds is 0. The van der Waals surface area contributed by atoms with Crippen molar-refractivity contribution < 1.29 is 19.5 Å². The molecule has 0 aliphatic heterocycles. The van der Waals surface area contributed by atoms with E-state index in [-0.39, 0.29) is 0 Å². The van der Waals surface area contributed by atoms with Gasteiger partial charge in [0, 0.05) is 6.92 Å². The number of carbonyl (C=O) groups is 3. The average Bonchev–Trinajstić information content (AvgIpc) is 1.63. The van der Waals surface area contributed by atoms with E-state index in [2.05, 4.69) is 0 Å². The van der Waals surface area contributed by atoms with E-state index in [9.17, 15) is 14.4 Å². The van der Waals surface area contributed by atoms with Gasteiger partial charge in [0.1, 0.15) is 0 Å². The first-order valence-electron chi connectivity index (χ1n) is 2.09. The van der Waals surface area contributed by atoms with Crippen molar-refractivity contribution in [1.82, 2.24) is 5.32 Å². The summed E-state index contributed by atoms with van der Waals surface area (Å²) in [4.78, 5) is 29.7. The smallest absolute Gasteiger partial charge is 0.394 e. The Bertz CT molecular complexity index is 162. The number of nitrogens with one attached hydrogen (secondary N) is 1. The zero-order valence-electron chi connectivity index (χ0n) is 4.67. The Balaban J connectivity index is 3.79.